The lowest BCUT2D eigenvalue weighted by Gasteiger charge is -2.30. The maximum Gasteiger partial charge on any atom is 0.227 e. The van der Waals surface area contributed by atoms with Crippen molar-refractivity contribution >= 4 is 17.5 Å². The van der Waals surface area contributed by atoms with Gasteiger partial charge in [0.15, 0.2) is 17.5 Å². The number of amides is 2. The predicted octanol–water partition coefficient (Wildman–Crippen LogP) is 4.02. The third-order valence-electron chi connectivity index (χ3n) is 5.65. The summed E-state index contributed by atoms with van der Waals surface area (Å²) in [6, 6.07) is 3.37. The number of nitrogens with zero attached hydrogens (tertiary/aromatic N) is 3. The number of aryl methyl sites for hydroxylation is 1. The lowest BCUT2D eigenvalue weighted by atomic mass is 9.89. The number of carbonyl (C=O) groups excluding carboxylic acids is 2. The highest BCUT2D eigenvalue weighted by molar-refractivity contribution is 5.93. The number of anilines is 1. The third kappa shape index (κ3) is 5.45. The van der Waals surface area contributed by atoms with Gasteiger partial charge in [0.05, 0.1) is 0 Å². The van der Waals surface area contributed by atoms with Gasteiger partial charge in [0.2, 0.25) is 17.7 Å². The van der Waals surface area contributed by atoms with Crippen LogP contribution in [0.25, 0.3) is 0 Å². The van der Waals surface area contributed by atoms with Crippen LogP contribution in [0.5, 0.6) is 0 Å². The molecular formula is C22H28F2N4O3. The summed E-state index contributed by atoms with van der Waals surface area (Å²) in [5, 5.41) is 7.14. The minimum absolute atomic E-state index is 0.0710. The smallest absolute Gasteiger partial charge is 0.227 e. The molecule has 0 unspecified atom stereocenters. The molecule has 2 amide bonds. The van der Waals surface area contributed by atoms with Crippen molar-refractivity contribution in [1.82, 2.24) is 15.5 Å². The van der Waals surface area contributed by atoms with E-state index in [2.05, 4.69) is 15.5 Å². The van der Waals surface area contributed by atoms with E-state index in [1.165, 1.54) is 17.9 Å². The van der Waals surface area contributed by atoms with E-state index in [0.29, 0.717) is 23.9 Å². The predicted molar refractivity (Wildman–Crippen MR) is 110 cm³/mol. The van der Waals surface area contributed by atoms with Crippen molar-refractivity contribution < 1.29 is 22.9 Å². The Hall–Kier alpha value is -2.84. The summed E-state index contributed by atoms with van der Waals surface area (Å²) in [5.74, 6) is -1.62. The number of nitrogens with one attached hydrogen (secondary N) is 1. The van der Waals surface area contributed by atoms with Crippen LogP contribution in [0.3, 0.4) is 0 Å². The monoisotopic (exact) mass is 434 g/mol. The van der Waals surface area contributed by atoms with E-state index in [0.717, 1.165) is 50.7 Å². The Morgan fingerprint density at radius 3 is 2.48 bits per heavy atom. The van der Waals surface area contributed by atoms with Gasteiger partial charge in [0, 0.05) is 38.1 Å². The average molecular weight is 434 g/mol. The maximum atomic E-state index is 13.5. The van der Waals surface area contributed by atoms with Crippen molar-refractivity contribution in [3.8, 4) is 0 Å². The highest BCUT2D eigenvalue weighted by Crippen LogP contribution is 2.34. The molecule has 2 aromatic rings. The zero-order valence-electron chi connectivity index (χ0n) is 17.9. The maximum absolute atomic E-state index is 13.5. The largest absolute Gasteiger partial charge is 0.343 e. The number of hydrogen-bond donors (Lipinski definition) is 1. The highest BCUT2D eigenvalue weighted by Gasteiger charge is 2.38. The molecule has 1 fully saturated rings. The van der Waals surface area contributed by atoms with E-state index < -0.39 is 17.2 Å². The van der Waals surface area contributed by atoms with E-state index in [9.17, 15) is 18.4 Å². The fourth-order valence-corrected chi connectivity index (χ4v) is 4.13. The normalized spacial score (nSPS) is 15.9. The van der Waals surface area contributed by atoms with Crippen LogP contribution in [-0.2, 0) is 21.5 Å². The third-order valence-corrected chi connectivity index (χ3v) is 5.65. The summed E-state index contributed by atoms with van der Waals surface area (Å²) in [6.45, 7) is 3.54. The van der Waals surface area contributed by atoms with Gasteiger partial charge in [-0.2, -0.15) is 4.98 Å². The van der Waals surface area contributed by atoms with Crippen LogP contribution in [0, 0.1) is 11.6 Å². The van der Waals surface area contributed by atoms with Gasteiger partial charge < -0.3 is 14.7 Å². The molecule has 7 nitrogen and oxygen atoms in total. The Morgan fingerprint density at radius 1 is 1.16 bits per heavy atom. The molecule has 31 heavy (non-hydrogen) atoms. The molecule has 0 saturated heterocycles. The average Bonchev–Trinajstić information content (AvgIpc) is 3.09. The number of rotatable bonds is 7. The molecule has 3 rings (SSSR count). The van der Waals surface area contributed by atoms with Crippen LogP contribution < -0.4 is 10.2 Å². The zero-order valence-corrected chi connectivity index (χ0v) is 17.9. The Kier molecular flexibility index (Phi) is 7.35. The van der Waals surface area contributed by atoms with Crippen molar-refractivity contribution in [3.63, 3.8) is 0 Å². The lowest BCUT2D eigenvalue weighted by molar-refractivity contribution is -0.121. The van der Waals surface area contributed by atoms with Crippen molar-refractivity contribution in [1.29, 1.82) is 0 Å². The Morgan fingerprint density at radius 2 is 1.87 bits per heavy atom. The van der Waals surface area contributed by atoms with Gasteiger partial charge >= 0.3 is 0 Å². The van der Waals surface area contributed by atoms with Gasteiger partial charge in [0.1, 0.15) is 5.54 Å². The van der Waals surface area contributed by atoms with Gasteiger partial charge in [-0.3, -0.25) is 9.59 Å². The molecule has 0 bridgehead atoms. The molecule has 0 radical (unpaired) electrons. The zero-order chi connectivity index (χ0) is 22.4. The molecule has 1 heterocycles. The van der Waals surface area contributed by atoms with Gasteiger partial charge in [-0.15, -0.1) is 0 Å². The molecule has 0 spiro atoms. The number of carbonyl (C=O) groups is 2. The van der Waals surface area contributed by atoms with E-state index in [1.807, 2.05) is 0 Å². The fraction of sp³-hybridized carbons (Fsp3) is 0.545. The molecule has 1 aliphatic rings. The quantitative estimate of drug-likeness (QED) is 0.665. The number of halogens is 2. The summed E-state index contributed by atoms with van der Waals surface area (Å²) in [5.41, 5.74) is -0.351. The van der Waals surface area contributed by atoms with Crippen LogP contribution in [0.15, 0.2) is 22.7 Å². The minimum atomic E-state index is -1.00. The molecule has 1 saturated carbocycles. The van der Waals surface area contributed by atoms with Crippen LogP contribution in [0.1, 0.15) is 70.5 Å². The Balaban J connectivity index is 1.70. The Labute approximate surface area is 180 Å². The van der Waals surface area contributed by atoms with Crippen molar-refractivity contribution in [2.75, 3.05) is 11.4 Å². The van der Waals surface area contributed by atoms with Gasteiger partial charge in [-0.05, 0) is 31.9 Å². The van der Waals surface area contributed by atoms with E-state index in [4.69, 9.17) is 4.52 Å². The molecule has 1 N–H and O–H groups in total. The van der Waals surface area contributed by atoms with Crippen molar-refractivity contribution in [2.45, 2.75) is 70.8 Å². The lowest BCUT2D eigenvalue weighted by Crippen LogP contribution is -2.45. The van der Waals surface area contributed by atoms with Crippen molar-refractivity contribution in [2.24, 2.45) is 0 Å². The fourth-order valence-electron chi connectivity index (χ4n) is 4.13. The van der Waals surface area contributed by atoms with E-state index in [1.54, 1.807) is 6.92 Å². The van der Waals surface area contributed by atoms with Crippen LogP contribution in [0.4, 0.5) is 14.5 Å². The number of benzene rings is 1. The molecule has 9 heteroatoms. The first kappa shape index (κ1) is 22.8. The Bertz CT molecular complexity index is 923. The summed E-state index contributed by atoms with van der Waals surface area (Å²) < 4.78 is 32.1. The molecule has 168 valence electrons. The van der Waals surface area contributed by atoms with Crippen LogP contribution in [-0.4, -0.2) is 28.5 Å². The first-order valence-electron chi connectivity index (χ1n) is 10.7. The van der Waals surface area contributed by atoms with E-state index in [-0.39, 0.29) is 24.7 Å². The van der Waals surface area contributed by atoms with Gasteiger partial charge in [0.25, 0.3) is 0 Å². The molecule has 1 aliphatic carbocycles. The second-order valence-corrected chi connectivity index (χ2v) is 7.93. The van der Waals surface area contributed by atoms with Gasteiger partial charge in [-0.25, -0.2) is 8.78 Å². The molecule has 1 aromatic heterocycles. The standard InChI is InChI=1S/C22H28F2N4O3/c1-3-28(16-8-9-17(23)18(24)14-16)20(30)11-10-19-25-21(27-31-19)22(26-15(2)29)12-6-4-5-7-13-22/h8-9,14H,3-7,10-13H2,1-2H3,(H,26,29). The summed E-state index contributed by atoms with van der Waals surface area (Å²) >= 11 is 0. The molecule has 0 aliphatic heterocycles. The molecule has 0 atom stereocenters. The van der Waals surface area contributed by atoms with Crippen LogP contribution in [0.2, 0.25) is 0 Å². The summed E-state index contributed by atoms with van der Waals surface area (Å²) in [7, 11) is 0. The number of hydrogen-bond acceptors (Lipinski definition) is 5. The second-order valence-electron chi connectivity index (χ2n) is 7.93. The second kappa shape index (κ2) is 9.98. The summed E-state index contributed by atoms with van der Waals surface area (Å²) in [6.07, 6.45) is 5.87. The summed E-state index contributed by atoms with van der Waals surface area (Å²) in [4.78, 5) is 30.3. The molecular weight excluding hydrogens is 406 g/mol. The van der Waals surface area contributed by atoms with Crippen LogP contribution >= 0.6 is 0 Å². The topological polar surface area (TPSA) is 88.3 Å². The highest BCUT2D eigenvalue weighted by atomic mass is 19.2. The first-order valence-corrected chi connectivity index (χ1v) is 10.7. The van der Waals surface area contributed by atoms with Gasteiger partial charge in [-0.1, -0.05) is 30.8 Å². The number of aromatic nitrogens is 2. The first-order chi connectivity index (χ1) is 14.8. The SMILES string of the molecule is CCN(C(=O)CCc1nc(C2(NC(C)=O)CCCCCC2)no1)c1ccc(F)c(F)c1. The minimum Gasteiger partial charge on any atom is -0.343 e. The van der Waals surface area contributed by atoms with E-state index >= 15 is 0 Å². The molecule has 1 aromatic carbocycles. The van der Waals surface area contributed by atoms with Crippen molar-refractivity contribution in [3.05, 3.63) is 41.5 Å².